The summed E-state index contributed by atoms with van der Waals surface area (Å²) < 4.78 is 5.47. The molecule has 150 valence electrons. The minimum Gasteiger partial charge on any atom is -0.370 e. The second-order valence-electron chi connectivity index (χ2n) is 7.77. The van der Waals surface area contributed by atoms with E-state index in [0.717, 1.165) is 35.6 Å². The van der Waals surface area contributed by atoms with E-state index in [0.29, 0.717) is 25.6 Å². The molecular weight excluding hydrogens is 386 g/mol. The van der Waals surface area contributed by atoms with Gasteiger partial charge in [-0.15, -0.1) is 11.8 Å². The summed E-state index contributed by atoms with van der Waals surface area (Å²) in [6.45, 7) is 5.81. The molecule has 0 aliphatic carbocycles. The molecule has 2 amide bonds. The Bertz CT molecular complexity index is 958. The normalized spacial score (nSPS) is 24.6. The van der Waals surface area contributed by atoms with E-state index in [1.54, 1.807) is 4.90 Å². The van der Waals surface area contributed by atoms with Crippen LogP contribution in [0.15, 0.2) is 48.5 Å². The molecule has 1 N–H and O–H groups in total. The van der Waals surface area contributed by atoms with Gasteiger partial charge in [-0.3, -0.25) is 19.4 Å². The number of morpholine rings is 1. The topological polar surface area (TPSA) is 54.3 Å². The number of carbonyl (C=O) groups excluding carboxylic acids is 2. The average Bonchev–Trinajstić information content (AvgIpc) is 3.21. The Balaban J connectivity index is 1.59. The van der Waals surface area contributed by atoms with E-state index < -0.39 is 4.87 Å². The number of carbonyl (C=O) groups is 2. The van der Waals surface area contributed by atoms with Crippen LogP contribution in [0.5, 0.6) is 0 Å². The number of amides is 2. The van der Waals surface area contributed by atoms with E-state index >= 15 is 0 Å². The third kappa shape index (κ3) is 2.87. The molecule has 2 aromatic carbocycles. The Kier molecular flexibility index (Phi) is 4.61. The minimum absolute atomic E-state index is 0.0193. The maximum atomic E-state index is 13.9. The summed E-state index contributed by atoms with van der Waals surface area (Å²) in [4.78, 5) is 30.8. The highest BCUT2D eigenvalue weighted by Gasteiger charge is 2.61. The van der Waals surface area contributed by atoms with Crippen LogP contribution < -0.4 is 14.7 Å². The van der Waals surface area contributed by atoms with Crippen molar-refractivity contribution in [2.75, 3.05) is 48.5 Å². The fourth-order valence-corrected chi connectivity index (χ4v) is 5.81. The zero-order valence-corrected chi connectivity index (χ0v) is 17.2. The van der Waals surface area contributed by atoms with Gasteiger partial charge < -0.3 is 9.64 Å². The number of anilines is 2. The molecule has 6 nitrogen and oxygen atoms in total. The van der Waals surface area contributed by atoms with Crippen LogP contribution in [0, 0.1) is 6.92 Å². The van der Waals surface area contributed by atoms with Gasteiger partial charge in [-0.05, 0) is 25.1 Å². The van der Waals surface area contributed by atoms with Gasteiger partial charge in [-0.2, -0.15) is 0 Å². The molecule has 3 heterocycles. The van der Waals surface area contributed by atoms with Crippen LogP contribution in [0.1, 0.15) is 11.1 Å². The minimum atomic E-state index is -1.02. The molecule has 0 saturated carbocycles. The Labute approximate surface area is 174 Å². The van der Waals surface area contributed by atoms with Crippen molar-refractivity contribution >= 4 is 35.0 Å². The van der Waals surface area contributed by atoms with Crippen molar-refractivity contribution in [2.24, 2.45) is 0 Å². The number of ether oxygens (including phenoxy) is 1. The first kappa shape index (κ1) is 18.7. The van der Waals surface area contributed by atoms with E-state index in [1.165, 1.54) is 16.7 Å². The number of nitrogens with zero attached hydrogens (tertiary/aromatic N) is 2. The van der Waals surface area contributed by atoms with Crippen LogP contribution in [0.2, 0.25) is 0 Å². The SMILES string of the molecule is Cc1ccc(N2C(=O)CS[C@@]23C(=O)N(C[NH+]2CCOCC2)c2ccccc23)cc1. The monoisotopic (exact) mass is 410 g/mol. The van der Waals surface area contributed by atoms with Crippen molar-refractivity contribution in [3.63, 3.8) is 0 Å². The summed E-state index contributed by atoms with van der Waals surface area (Å²) in [6, 6.07) is 15.8. The maximum Gasteiger partial charge on any atom is 0.273 e. The zero-order chi connectivity index (χ0) is 20.0. The molecule has 2 saturated heterocycles. The summed E-state index contributed by atoms with van der Waals surface area (Å²) in [5.41, 5.74) is 3.72. The Morgan fingerprint density at radius 2 is 1.79 bits per heavy atom. The predicted octanol–water partition coefficient (Wildman–Crippen LogP) is 1.15. The van der Waals surface area contributed by atoms with Gasteiger partial charge >= 0.3 is 0 Å². The molecular formula is C22H24N3O3S+. The molecule has 0 aromatic heterocycles. The Morgan fingerprint density at radius 1 is 1.07 bits per heavy atom. The van der Waals surface area contributed by atoms with Crippen molar-refractivity contribution in [3.8, 4) is 0 Å². The molecule has 0 unspecified atom stereocenters. The van der Waals surface area contributed by atoms with Gasteiger partial charge in [0.25, 0.3) is 5.91 Å². The summed E-state index contributed by atoms with van der Waals surface area (Å²) in [5.74, 6) is 0.253. The van der Waals surface area contributed by atoms with Crippen molar-refractivity contribution in [2.45, 2.75) is 11.8 Å². The number of hydrogen-bond donors (Lipinski definition) is 1. The number of rotatable bonds is 3. The van der Waals surface area contributed by atoms with Crippen molar-refractivity contribution in [3.05, 3.63) is 59.7 Å². The van der Waals surface area contributed by atoms with E-state index in [2.05, 4.69) is 0 Å². The second-order valence-corrected chi connectivity index (χ2v) is 8.94. The molecule has 2 aromatic rings. The van der Waals surface area contributed by atoms with Crippen molar-refractivity contribution < 1.29 is 19.2 Å². The van der Waals surface area contributed by atoms with Gasteiger partial charge in [-0.1, -0.05) is 35.9 Å². The van der Waals surface area contributed by atoms with Gasteiger partial charge in [0.2, 0.25) is 10.8 Å². The molecule has 5 rings (SSSR count). The van der Waals surface area contributed by atoms with Crippen LogP contribution in [0.3, 0.4) is 0 Å². The fraction of sp³-hybridized carbons (Fsp3) is 0.364. The number of thioether (sulfide) groups is 1. The number of fused-ring (bicyclic) bond motifs is 2. The number of nitrogens with one attached hydrogen (secondary N) is 1. The first-order chi connectivity index (χ1) is 14.1. The van der Waals surface area contributed by atoms with Crippen LogP contribution >= 0.6 is 11.8 Å². The lowest BCUT2D eigenvalue weighted by Crippen LogP contribution is -3.15. The number of para-hydroxylation sites is 1. The van der Waals surface area contributed by atoms with E-state index in [9.17, 15) is 9.59 Å². The standard InChI is InChI=1S/C22H23N3O3S/c1-16-6-8-17(9-7-16)25-20(26)14-29-22(25)18-4-2-3-5-19(18)24(21(22)27)15-23-10-12-28-13-11-23/h2-9H,10-15H2,1H3/p+1/t22-/m0/s1. The van der Waals surface area contributed by atoms with Gasteiger partial charge in [0.05, 0.1) is 24.7 Å². The second kappa shape index (κ2) is 7.16. The highest BCUT2D eigenvalue weighted by atomic mass is 32.2. The van der Waals surface area contributed by atoms with E-state index in [-0.39, 0.29) is 11.8 Å². The lowest BCUT2D eigenvalue weighted by atomic mass is 10.0. The molecule has 0 bridgehead atoms. The highest BCUT2D eigenvalue weighted by Crippen LogP contribution is 2.55. The summed E-state index contributed by atoms with van der Waals surface area (Å²) in [6.07, 6.45) is 0. The number of benzene rings is 2. The summed E-state index contributed by atoms with van der Waals surface area (Å²) in [7, 11) is 0. The van der Waals surface area contributed by atoms with Crippen LogP contribution in [0.4, 0.5) is 11.4 Å². The van der Waals surface area contributed by atoms with Gasteiger partial charge in [0, 0.05) is 11.3 Å². The molecule has 0 radical (unpaired) electrons. The quantitative estimate of drug-likeness (QED) is 0.825. The first-order valence-corrected chi connectivity index (χ1v) is 11.0. The molecule has 3 aliphatic rings. The third-order valence-corrected chi connectivity index (χ3v) is 7.32. The summed E-state index contributed by atoms with van der Waals surface area (Å²) in [5, 5.41) is 0. The molecule has 7 heteroatoms. The highest BCUT2D eigenvalue weighted by molar-refractivity contribution is 8.02. The van der Waals surface area contributed by atoms with E-state index in [1.807, 2.05) is 60.4 Å². The lowest BCUT2D eigenvalue weighted by molar-refractivity contribution is -0.906. The van der Waals surface area contributed by atoms with Gasteiger partial charge in [0.1, 0.15) is 13.1 Å². The fourth-order valence-electron chi connectivity index (χ4n) is 4.45. The zero-order valence-electron chi connectivity index (χ0n) is 16.4. The van der Waals surface area contributed by atoms with Crippen molar-refractivity contribution in [1.82, 2.24) is 0 Å². The number of aryl methyl sites for hydroxylation is 1. The smallest absolute Gasteiger partial charge is 0.273 e. The molecule has 2 fully saturated rings. The molecule has 29 heavy (non-hydrogen) atoms. The number of quaternary nitrogens is 1. The van der Waals surface area contributed by atoms with Crippen molar-refractivity contribution in [1.29, 1.82) is 0 Å². The first-order valence-electron chi connectivity index (χ1n) is 9.98. The number of hydrogen-bond acceptors (Lipinski definition) is 4. The van der Waals surface area contributed by atoms with Crippen LogP contribution in [0.25, 0.3) is 0 Å². The van der Waals surface area contributed by atoms with Gasteiger partial charge in [0.15, 0.2) is 6.67 Å². The largest absolute Gasteiger partial charge is 0.370 e. The third-order valence-electron chi connectivity index (χ3n) is 5.94. The Hall–Kier alpha value is -2.35. The van der Waals surface area contributed by atoms with Crippen LogP contribution in [-0.4, -0.2) is 50.5 Å². The average molecular weight is 411 g/mol. The van der Waals surface area contributed by atoms with Crippen LogP contribution in [-0.2, 0) is 19.2 Å². The van der Waals surface area contributed by atoms with E-state index in [4.69, 9.17) is 4.74 Å². The molecule has 3 aliphatic heterocycles. The Morgan fingerprint density at radius 3 is 2.55 bits per heavy atom. The molecule has 1 spiro atoms. The lowest BCUT2D eigenvalue weighted by Gasteiger charge is -2.34. The predicted molar refractivity (Wildman–Crippen MR) is 113 cm³/mol. The molecule has 1 atom stereocenters. The maximum absolute atomic E-state index is 13.9. The summed E-state index contributed by atoms with van der Waals surface area (Å²) >= 11 is 1.44. The van der Waals surface area contributed by atoms with Gasteiger partial charge in [-0.25, -0.2) is 0 Å².